The summed E-state index contributed by atoms with van der Waals surface area (Å²) in [6.07, 6.45) is 6.53. The fourth-order valence-electron chi connectivity index (χ4n) is 3.24. The fraction of sp³-hybridized carbons (Fsp3) is 0.929. The molecule has 1 heterocycles. The molecule has 2 unspecified atom stereocenters. The van der Waals surface area contributed by atoms with Crippen LogP contribution in [0.4, 0.5) is 0 Å². The Hall–Kier alpha value is -0.410. The summed E-state index contributed by atoms with van der Waals surface area (Å²) in [6.45, 7) is 4.78. The molecule has 0 radical (unpaired) electrons. The summed E-state index contributed by atoms with van der Waals surface area (Å²) >= 11 is 0. The van der Waals surface area contributed by atoms with Gasteiger partial charge in [0.15, 0.2) is 5.78 Å². The SMILES string of the molecule is CC(C)C(N)C(=O)C1CCOC2(CCCC2)C1. The van der Waals surface area contributed by atoms with Crippen LogP contribution in [0.1, 0.15) is 52.4 Å². The summed E-state index contributed by atoms with van der Waals surface area (Å²) in [4.78, 5) is 12.3. The van der Waals surface area contributed by atoms with Gasteiger partial charge in [0.1, 0.15) is 0 Å². The van der Waals surface area contributed by atoms with Crippen molar-refractivity contribution in [3.05, 3.63) is 0 Å². The lowest BCUT2D eigenvalue weighted by Gasteiger charge is -2.38. The average molecular weight is 239 g/mol. The highest BCUT2D eigenvalue weighted by atomic mass is 16.5. The molecule has 0 aromatic carbocycles. The van der Waals surface area contributed by atoms with E-state index in [2.05, 4.69) is 0 Å². The van der Waals surface area contributed by atoms with Crippen molar-refractivity contribution < 1.29 is 9.53 Å². The predicted molar refractivity (Wildman–Crippen MR) is 67.7 cm³/mol. The van der Waals surface area contributed by atoms with Crippen LogP contribution in [0.2, 0.25) is 0 Å². The molecule has 2 rings (SSSR count). The number of rotatable bonds is 3. The van der Waals surface area contributed by atoms with Gasteiger partial charge in [-0.1, -0.05) is 26.7 Å². The Labute approximate surface area is 104 Å². The number of hydrogen-bond acceptors (Lipinski definition) is 3. The molecular formula is C14H25NO2. The molecule has 0 amide bonds. The lowest BCUT2D eigenvalue weighted by molar-refractivity contribution is -0.138. The molecule has 17 heavy (non-hydrogen) atoms. The van der Waals surface area contributed by atoms with Crippen LogP contribution in [-0.4, -0.2) is 24.0 Å². The maximum absolute atomic E-state index is 12.3. The van der Waals surface area contributed by atoms with Crippen LogP contribution in [0.5, 0.6) is 0 Å². The quantitative estimate of drug-likeness (QED) is 0.822. The molecule has 1 spiro atoms. The smallest absolute Gasteiger partial charge is 0.153 e. The zero-order valence-electron chi connectivity index (χ0n) is 11.1. The van der Waals surface area contributed by atoms with E-state index in [-0.39, 0.29) is 29.3 Å². The molecule has 2 atom stereocenters. The summed E-state index contributed by atoms with van der Waals surface area (Å²) in [5.74, 6) is 0.638. The first-order chi connectivity index (χ1) is 8.04. The molecule has 1 aliphatic carbocycles. The Morgan fingerprint density at radius 3 is 2.59 bits per heavy atom. The van der Waals surface area contributed by atoms with E-state index < -0.39 is 0 Å². The minimum Gasteiger partial charge on any atom is -0.375 e. The molecular weight excluding hydrogens is 214 g/mol. The molecule has 1 saturated carbocycles. The van der Waals surface area contributed by atoms with Crippen molar-refractivity contribution in [1.82, 2.24) is 0 Å². The molecule has 2 N–H and O–H groups in total. The van der Waals surface area contributed by atoms with E-state index in [1.807, 2.05) is 13.8 Å². The largest absolute Gasteiger partial charge is 0.375 e. The first-order valence-electron chi connectivity index (χ1n) is 6.97. The molecule has 2 aliphatic rings. The van der Waals surface area contributed by atoms with Crippen molar-refractivity contribution in [2.24, 2.45) is 17.6 Å². The van der Waals surface area contributed by atoms with Crippen LogP contribution in [0.3, 0.4) is 0 Å². The Bertz CT molecular complexity index is 282. The molecule has 98 valence electrons. The van der Waals surface area contributed by atoms with E-state index in [4.69, 9.17) is 10.5 Å². The third-order valence-electron chi connectivity index (χ3n) is 4.46. The second-order valence-corrected chi connectivity index (χ2v) is 6.10. The Morgan fingerprint density at radius 1 is 1.35 bits per heavy atom. The van der Waals surface area contributed by atoms with Crippen LogP contribution < -0.4 is 5.73 Å². The van der Waals surface area contributed by atoms with E-state index in [0.29, 0.717) is 0 Å². The maximum Gasteiger partial charge on any atom is 0.153 e. The number of carbonyl (C=O) groups excluding carboxylic acids is 1. The van der Waals surface area contributed by atoms with Crippen LogP contribution in [-0.2, 0) is 9.53 Å². The van der Waals surface area contributed by atoms with E-state index in [9.17, 15) is 4.79 Å². The summed E-state index contributed by atoms with van der Waals surface area (Å²) in [6, 6.07) is -0.295. The summed E-state index contributed by atoms with van der Waals surface area (Å²) in [7, 11) is 0. The molecule has 0 bridgehead atoms. The van der Waals surface area contributed by atoms with Gasteiger partial charge in [0.2, 0.25) is 0 Å². The minimum atomic E-state index is -0.295. The van der Waals surface area contributed by atoms with Crippen LogP contribution in [0, 0.1) is 11.8 Å². The summed E-state index contributed by atoms with van der Waals surface area (Å²) in [5, 5.41) is 0. The number of ketones is 1. The van der Waals surface area contributed by atoms with Gasteiger partial charge in [-0.15, -0.1) is 0 Å². The fourth-order valence-corrected chi connectivity index (χ4v) is 3.24. The first-order valence-corrected chi connectivity index (χ1v) is 6.97. The maximum atomic E-state index is 12.3. The Kier molecular flexibility index (Phi) is 3.88. The van der Waals surface area contributed by atoms with Crippen molar-refractivity contribution in [3.8, 4) is 0 Å². The summed E-state index contributed by atoms with van der Waals surface area (Å²) in [5.41, 5.74) is 6.01. The van der Waals surface area contributed by atoms with Crippen molar-refractivity contribution in [2.75, 3.05) is 6.61 Å². The number of hydrogen-bond donors (Lipinski definition) is 1. The Balaban J connectivity index is 1.99. The van der Waals surface area contributed by atoms with Gasteiger partial charge in [-0.3, -0.25) is 4.79 Å². The molecule has 3 heteroatoms. The van der Waals surface area contributed by atoms with Gasteiger partial charge in [-0.05, 0) is 31.6 Å². The predicted octanol–water partition coefficient (Wildman–Crippen LogP) is 2.28. The molecule has 1 saturated heterocycles. The average Bonchev–Trinajstić information content (AvgIpc) is 2.75. The number of carbonyl (C=O) groups is 1. The zero-order chi connectivity index (χ0) is 12.5. The second-order valence-electron chi connectivity index (χ2n) is 6.10. The van der Waals surface area contributed by atoms with Crippen molar-refractivity contribution in [1.29, 1.82) is 0 Å². The van der Waals surface area contributed by atoms with Gasteiger partial charge < -0.3 is 10.5 Å². The third kappa shape index (κ3) is 2.71. The number of ether oxygens (including phenoxy) is 1. The molecule has 0 aromatic heterocycles. The first kappa shape index (κ1) is 13.0. The van der Waals surface area contributed by atoms with Crippen molar-refractivity contribution in [2.45, 2.75) is 64.0 Å². The highest BCUT2D eigenvalue weighted by molar-refractivity contribution is 5.86. The lowest BCUT2D eigenvalue weighted by atomic mass is 9.79. The topological polar surface area (TPSA) is 52.3 Å². The standard InChI is InChI=1S/C14H25NO2/c1-10(2)12(15)13(16)11-5-8-17-14(9-11)6-3-4-7-14/h10-12H,3-9,15H2,1-2H3. The monoisotopic (exact) mass is 239 g/mol. The normalized spacial score (nSPS) is 29.8. The molecule has 3 nitrogen and oxygen atoms in total. The molecule has 2 fully saturated rings. The minimum absolute atomic E-state index is 0.0231. The van der Waals surface area contributed by atoms with E-state index >= 15 is 0 Å². The van der Waals surface area contributed by atoms with Gasteiger partial charge in [-0.2, -0.15) is 0 Å². The van der Waals surface area contributed by atoms with Crippen LogP contribution in [0.25, 0.3) is 0 Å². The highest BCUT2D eigenvalue weighted by Crippen LogP contribution is 2.42. The lowest BCUT2D eigenvalue weighted by Crippen LogP contribution is -2.46. The van der Waals surface area contributed by atoms with Gasteiger partial charge >= 0.3 is 0 Å². The van der Waals surface area contributed by atoms with Gasteiger partial charge in [0, 0.05) is 12.5 Å². The van der Waals surface area contributed by atoms with Crippen molar-refractivity contribution in [3.63, 3.8) is 0 Å². The zero-order valence-corrected chi connectivity index (χ0v) is 11.1. The van der Waals surface area contributed by atoms with E-state index in [1.54, 1.807) is 0 Å². The van der Waals surface area contributed by atoms with E-state index in [1.165, 1.54) is 12.8 Å². The van der Waals surface area contributed by atoms with Gasteiger partial charge in [-0.25, -0.2) is 0 Å². The van der Waals surface area contributed by atoms with Gasteiger partial charge in [0.25, 0.3) is 0 Å². The molecule has 0 aromatic rings. The Morgan fingerprint density at radius 2 is 2.00 bits per heavy atom. The number of Topliss-reactive ketones (excluding diaryl/α,β-unsaturated/α-hetero) is 1. The van der Waals surface area contributed by atoms with Crippen LogP contribution >= 0.6 is 0 Å². The molecule has 1 aliphatic heterocycles. The van der Waals surface area contributed by atoms with Gasteiger partial charge in [0.05, 0.1) is 11.6 Å². The van der Waals surface area contributed by atoms with E-state index in [0.717, 1.165) is 32.3 Å². The van der Waals surface area contributed by atoms with Crippen molar-refractivity contribution >= 4 is 5.78 Å². The third-order valence-corrected chi connectivity index (χ3v) is 4.46. The van der Waals surface area contributed by atoms with Crippen LogP contribution in [0.15, 0.2) is 0 Å². The highest BCUT2D eigenvalue weighted by Gasteiger charge is 2.42. The second kappa shape index (κ2) is 5.07. The number of nitrogens with two attached hydrogens (primary N) is 1. The summed E-state index contributed by atoms with van der Waals surface area (Å²) < 4.78 is 5.95.